The van der Waals surface area contributed by atoms with Gasteiger partial charge in [0.2, 0.25) is 5.91 Å². The van der Waals surface area contributed by atoms with Crippen molar-refractivity contribution in [3.63, 3.8) is 0 Å². The SMILES string of the molecule is N#CC[C@H]1CC[C@H](N2CCC3(CCCN(c4ccc(C(F)(F)F)cn4)C3)C2=O)CC1. The van der Waals surface area contributed by atoms with Crippen LogP contribution < -0.4 is 4.90 Å². The summed E-state index contributed by atoms with van der Waals surface area (Å²) in [6.07, 6.45) is 3.42. The third-order valence-corrected chi connectivity index (χ3v) is 7.16. The van der Waals surface area contributed by atoms with Gasteiger partial charge in [-0.1, -0.05) is 0 Å². The molecule has 1 spiro atoms. The molecule has 0 radical (unpaired) electrons. The summed E-state index contributed by atoms with van der Waals surface area (Å²) in [5, 5.41) is 8.90. The lowest BCUT2D eigenvalue weighted by molar-refractivity contribution is -0.139. The summed E-state index contributed by atoms with van der Waals surface area (Å²) in [7, 11) is 0. The van der Waals surface area contributed by atoms with Gasteiger partial charge in [0.25, 0.3) is 0 Å². The van der Waals surface area contributed by atoms with E-state index >= 15 is 0 Å². The molecule has 5 nitrogen and oxygen atoms in total. The van der Waals surface area contributed by atoms with E-state index in [1.165, 1.54) is 6.07 Å². The first-order chi connectivity index (χ1) is 14.3. The monoisotopic (exact) mass is 420 g/mol. The van der Waals surface area contributed by atoms with Crippen LogP contribution in [0.2, 0.25) is 0 Å². The van der Waals surface area contributed by atoms with Crippen LogP contribution in [0.1, 0.15) is 56.9 Å². The number of likely N-dealkylation sites (tertiary alicyclic amines) is 1. The fourth-order valence-corrected chi connectivity index (χ4v) is 5.43. The summed E-state index contributed by atoms with van der Waals surface area (Å²) in [4.78, 5) is 21.5. The summed E-state index contributed by atoms with van der Waals surface area (Å²) in [6, 6.07) is 4.98. The van der Waals surface area contributed by atoms with Crippen LogP contribution in [-0.2, 0) is 11.0 Å². The second-order valence-corrected chi connectivity index (χ2v) is 8.99. The maximum Gasteiger partial charge on any atom is 0.417 e. The molecule has 0 aromatic carbocycles. The molecule has 3 aliphatic rings. The van der Waals surface area contributed by atoms with Crippen LogP contribution in [-0.4, -0.2) is 41.5 Å². The zero-order chi connectivity index (χ0) is 21.4. The highest BCUT2D eigenvalue weighted by Gasteiger charge is 2.50. The molecule has 0 bridgehead atoms. The minimum absolute atomic E-state index is 0.197. The third-order valence-electron chi connectivity index (χ3n) is 7.16. The van der Waals surface area contributed by atoms with E-state index in [0.717, 1.165) is 63.8 Å². The molecule has 1 aromatic rings. The Kier molecular flexibility index (Phi) is 5.65. The normalized spacial score (nSPS) is 30.0. The van der Waals surface area contributed by atoms with Gasteiger partial charge in [-0.25, -0.2) is 4.98 Å². The molecule has 2 aliphatic heterocycles. The van der Waals surface area contributed by atoms with E-state index in [4.69, 9.17) is 5.26 Å². The van der Waals surface area contributed by atoms with E-state index < -0.39 is 17.2 Å². The number of aromatic nitrogens is 1. The van der Waals surface area contributed by atoms with E-state index in [0.29, 0.717) is 31.2 Å². The lowest BCUT2D eigenvalue weighted by atomic mass is 9.78. The number of pyridine rings is 1. The van der Waals surface area contributed by atoms with Gasteiger partial charge in [0.05, 0.1) is 17.0 Å². The molecule has 4 rings (SSSR count). The third kappa shape index (κ3) is 3.99. The first-order valence-corrected chi connectivity index (χ1v) is 10.8. The van der Waals surface area contributed by atoms with Crippen molar-refractivity contribution < 1.29 is 18.0 Å². The van der Waals surface area contributed by atoms with Crippen molar-refractivity contribution >= 4 is 11.7 Å². The van der Waals surface area contributed by atoms with Gasteiger partial charge in [0, 0.05) is 38.3 Å². The van der Waals surface area contributed by atoms with Crippen LogP contribution >= 0.6 is 0 Å². The molecule has 0 N–H and O–H groups in total. The highest BCUT2D eigenvalue weighted by molar-refractivity contribution is 5.86. The smallest absolute Gasteiger partial charge is 0.356 e. The minimum Gasteiger partial charge on any atom is -0.356 e. The van der Waals surface area contributed by atoms with E-state index in [2.05, 4.69) is 11.1 Å². The number of nitrogens with zero attached hydrogens (tertiary/aromatic N) is 4. The second-order valence-electron chi connectivity index (χ2n) is 8.99. The van der Waals surface area contributed by atoms with Crippen molar-refractivity contribution in [2.45, 2.75) is 63.6 Å². The fourth-order valence-electron chi connectivity index (χ4n) is 5.43. The topological polar surface area (TPSA) is 60.2 Å². The van der Waals surface area contributed by atoms with E-state index in [9.17, 15) is 18.0 Å². The number of rotatable bonds is 3. The molecule has 2 saturated heterocycles. The van der Waals surface area contributed by atoms with Gasteiger partial charge in [-0.05, 0) is 63.0 Å². The Morgan fingerprint density at radius 3 is 2.57 bits per heavy atom. The quantitative estimate of drug-likeness (QED) is 0.728. The van der Waals surface area contributed by atoms with Crippen LogP contribution in [0.5, 0.6) is 0 Å². The van der Waals surface area contributed by atoms with Crippen LogP contribution in [0.4, 0.5) is 19.0 Å². The molecule has 1 atom stereocenters. The van der Waals surface area contributed by atoms with Crippen LogP contribution in [0, 0.1) is 22.7 Å². The Balaban J connectivity index is 1.42. The Labute approximate surface area is 174 Å². The van der Waals surface area contributed by atoms with Crippen LogP contribution in [0.25, 0.3) is 0 Å². The fraction of sp³-hybridized carbons (Fsp3) is 0.682. The molecule has 1 amide bonds. The number of alkyl halides is 3. The van der Waals surface area contributed by atoms with Crippen molar-refractivity contribution in [3.8, 4) is 6.07 Å². The Bertz CT molecular complexity index is 811. The van der Waals surface area contributed by atoms with Gasteiger partial charge in [0.15, 0.2) is 0 Å². The van der Waals surface area contributed by atoms with E-state index in [1.807, 2.05) is 9.80 Å². The summed E-state index contributed by atoms with van der Waals surface area (Å²) in [5.74, 6) is 1.15. The molecular formula is C22H27F3N4O. The average molecular weight is 420 g/mol. The predicted molar refractivity (Wildman–Crippen MR) is 105 cm³/mol. The zero-order valence-electron chi connectivity index (χ0n) is 17.0. The summed E-state index contributed by atoms with van der Waals surface area (Å²) >= 11 is 0. The van der Waals surface area contributed by atoms with Gasteiger partial charge >= 0.3 is 6.18 Å². The number of halogens is 3. The molecule has 162 valence electrons. The summed E-state index contributed by atoms with van der Waals surface area (Å²) < 4.78 is 38.5. The second kappa shape index (κ2) is 8.09. The van der Waals surface area contributed by atoms with Crippen LogP contribution in [0.15, 0.2) is 18.3 Å². The molecule has 1 aromatic heterocycles. The number of hydrogen-bond donors (Lipinski definition) is 0. The number of carbonyl (C=O) groups is 1. The van der Waals surface area contributed by atoms with Gasteiger partial charge in [0.1, 0.15) is 5.82 Å². The Morgan fingerprint density at radius 2 is 1.93 bits per heavy atom. The molecular weight excluding hydrogens is 393 g/mol. The van der Waals surface area contributed by atoms with Crippen molar-refractivity contribution in [1.29, 1.82) is 5.26 Å². The van der Waals surface area contributed by atoms with Crippen molar-refractivity contribution in [3.05, 3.63) is 23.9 Å². The molecule has 30 heavy (non-hydrogen) atoms. The standard InChI is InChI=1S/C22H27F3N4O/c23-22(24,25)17-4-7-19(27-14-17)28-12-1-9-21(15-28)10-13-29(20(21)30)18-5-2-16(3-6-18)8-11-26/h4,7,14,16,18H,1-3,5-6,8-10,12-13,15H2/t16-,18-,21?. The zero-order valence-corrected chi connectivity index (χ0v) is 17.0. The molecule has 1 saturated carbocycles. The molecule has 8 heteroatoms. The first kappa shape index (κ1) is 21.0. The first-order valence-electron chi connectivity index (χ1n) is 10.8. The lowest BCUT2D eigenvalue weighted by Gasteiger charge is -2.41. The van der Waals surface area contributed by atoms with Gasteiger partial charge in [-0.15, -0.1) is 0 Å². The van der Waals surface area contributed by atoms with Crippen molar-refractivity contribution in [2.24, 2.45) is 11.3 Å². The van der Waals surface area contributed by atoms with Crippen molar-refractivity contribution in [1.82, 2.24) is 9.88 Å². The molecule has 3 fully saturated rings. The predicted octanol–water partition coefficient (Wildman–Crippen LogP) is 4.39. The van der Waals surface area contributed by atoms with Gasteiger partial charge in [-0.2, -0.15) is 18.4 Å². The number of nitriles is 1. The Morgan fingerprint density at radius 1 is 1.17 bits per heavy atom. The molecule has 3 heterocycles. The molecule has 1 unspecified atom stereocenters. The largest absolute Gasteiger partial charge is 0.417 e. The Hall–Kier alpha value is -2.30. The maximum atomic E-state index is 13.4. The number of anilines is 1. The van der Waals surface area contributed by atoms with E-state index in [-0.39, 0.29) is 11.9 Å². The minimum atomic E-state index is -4.40. The van der Waals surface area contributed by atoms with Gasteiger partial charge in [-0.3, -0.25) is 4.79 Å². The van der Waals surface area contributed by atoms with Gasteiger partial charge < -0.3 is 9.80 Å². The number of piperidine rings is 1. The number of carbonyl (C=O) groups excluding carboxylic acids is 1. The van der Waals surface area contributed by atoms with E-state index in [1.54, 1.807) is 0 Å². The highest BCUT2D eigenvalue weighted by Crippen LogP contribution is 2.44. The number of hydrogen-bond acceptors (Lipinski definition) is 4. The van der Waals surface area contributed by atoms with Crippen LogP contribution in [0.3, 0.4) is 0 Å². The summed E-state index contributed by atoms with van der Waals surface area (Å²) in [6.45, 7) is 1.97. The maximum absolute atomic E-state index is 13.4. The summed E-state index contributed by atoms with van der Waals surface area (Å²) in [5.41, 5.74) is -1.21. The molecule has 1 aliphatic carbocycles. The number of amides is 1. The lowest BCUT2D eigenvalue weighted by Crippen LogP contribution is -2.50. The highest BCUT2D eigenvalue weighted by atomic mass is 19.4. The average Bonchev–Trinajstić information content (AvgIpc) is 3.04. The van der Waals surface area contributed by atoms with Crippen molar-refractivity contribution in [2.75, 3.05) is 24.5 Å².